The average molecular weight is 227 g/mol. The first kappa shape index (κ1) is 12.4. The molecule has 1 aromatic carbocycles. The van der Waals surface area contributed by atoms with Crippen molar-refractivity contribution in [2.75, 3.05) is 19.0 Å². The molecular formula is C11H17NO2S. The number of rotatable bonds is 6. The quantitative estimate of drug-likeness (QED) is 0.725. The van der Waals surface area contributed by atoms with Crippen molar-refractivity contribution in [2.24, 2.45) is 5.73 Å². The van der Waals surface area contributed by atoms with Crippen molar-refractivity contribution in [1.82, 2.24) is 0 Å². The molecule has 0 aliphatic rings. The molecule has 0 aliphatic carbocycles. The van der Waals surface area contributed by atoms with E-state index in [2.05, 4.69) is 6.92 Å². The van der Waals surface area contributed by atoms with Gasteiger partial charge in [-0.3, -0.25) is 0 Å². The third-order valence-corrected chi connectivity index (χ3v) is 2.93. The summed E-state index contributed by atoms with van der Waals surface area (Å²) in [5, 5.41) is 8.70. The molecule has 3 N–H and O–H groups in total. The molecule has 0 spiro atoms. The molecule has 0 amide bonds. The minimum Gasteiger partial charge on any atom is -0.491 e. The zero-order valence-electron chi connectivity index (χ0n) is 8.90. The van der Waals surface area contributed by atoms with Crippen molar-refractivity contribution in [1.29, 1.82) is 0 Å². The molecule has 0 saturated carbocycles. The summed E-state index contributed by atoms with van der Waals surface area (Å²) in [6, 6.07) is 5.88. The van der Waals surface area contributed by atoms with Crippen LogP contribution in [0.3, 0.4) is 0 Å². The first-order chi connectivity index (χ1) is 7.33. The van der Waals surface area contributed by atoms with Crippen LogP contribution < -0.4 is 10.5 Å². The van der Waals surface area contributed by atoms with Gasteiger partial charge in [-0.2, -0.15) is 0 Å². The zero-order chi connectivity index (χ0) is 11.1. The van der Waals surface area contributed by atoms with Gasteiger partial charge in [-0.15, -0.1) is 11.8 Å². The largest absolute Gasteiger partial charge is 0.491 e. The molecule has 0 fully saturated rings. The van der Waals surface area contributed by atoms with Crippen molar-refractivity contribution < 1.29 is 9.84 Å². The van der Waals surface area contributed by atoms with Gasteiger partial charge in [0.25, 0.3) is 0 Å². The maximum atomic E-state index is 8.70. The first-order valence-electron chi connectivity index (χ1n) is 5.01. The molecule has 0 atom stereocenters. The number of aliphatic hydroxyl groups excluding tert-OH is 1. The maximum Gasteiger partial charge on any atom is 0.125 e. The van der Waals surface area contributed by atoms with Gasteiger partial charge in [0.1, 0.15) is 12.4 Å². The van der Waals surface area contributed by atoms with E-state index in [-0.39, 0.29) is 6.61 Å². The molecule has 0 heterocycles. The molecule has 0 bridgehead atoms. The number of hydrogen-bond donors (Lipinski definition) is 2. The Morgan fingerprint density at radius 2 is 2.27 bits per heavy atom. The van der Waals surface area contributed by atoms with Gasteiger partial charge in [0.15, 0.2) is 0 Å². The zero-order valence-corrected chi connectivity index (χ0v) is 9.72. The molecular weight excluding hydrogens is 210 g/mol. The fourth-order valence-electron chi connectivity index (χ4n) is 1.33. The summed E-state index contributed by atoms with van der Waals surface area (Å²) in [6.07, 6.45) is 0. The minimum atomic E-state index is 0.0230. The van der Waals surface area contributed by atoms with Gasteiger partial charge in [0, 0.05) is 17.0 Å². The first-order valence-corrected chi connectivity index (χ1v) is 6.00. The normalized spacial score (nSPS) is 10.3. The van der Waals surface area contributed by atoms with Crippen molar-refractivity contribution in [3.63, 3.8) is 0 Å². The predicted molar refractivity (Wildman–Crippen MR) is 63.3 cm³/mol. The smallest absolute Gasteiger partial charge is 0.125 e. The van der Waals surface area contributed by atoms with Gasteiger partial charge in [-0.25, -0.2) is 0 Å². The van der Waals surface area contributed by atoms with Crippen LogP contribution in [0.5, 0.6) is 5.75 Å². The van der Waals surface area contributed by atoms with Gasteiger partial charge in [0.2, 0.25) is 0 Å². The Kier molecular flexibility index (Phi) is 5.53. The Bertz CT molecular complexity index is 305. The van der Waals surface area contributed by atoms with E-state index in [1.807, 2.05) is 18.2 Å². The molecule has 84 valence electrons. The summed E-state index contributed by atoms with van der Waals surface area (Å²) in [5.74, 6) is 1.79. The lowest BCUT2D eigenvalue weighted by atomic mass is 10.2. The molecule has 3 nitrogen and oxygen atoms in total. The van der Waals surface area contributed by atoms with Crippen LogP contribution in [0.2, 0.25) is 0 Å². The van der Waals surface area contributed by atoms with Crippen molar-refractivity contribution in [3.8, 4) is 5.75 Å². The Balaban J connectivity index is 2.88. The number of nitrogens with two attached hydrogens (primary N) is 1. The van der Waals surface area contributed by atoms with Crippen molar-refractivity contribution in [3.05, 3.63) is 23.8 Å². The third-order valence-electron chi connectivity index (χ3n) is 1.94. The van der Waals surface area contributed by atoms with E-state index >= 15 is 0 Å². The average Bonchev–Trinajstić information content (AvgIpc) is 2.27. The highest BCUT2D eigenvalue weighted by atomic mass is 32.2. The van der Waals surface area contributed by atoms with Crippen LogP contribution in [0.15, 0.2) is 23.1 Å². The van der Waals surface area contributed by atoms with Crippen LogP contribution in [0.1, 0.15) is 12.5 Å². The number of thioether (sulfide) groups is 1. The Morgan fingerprint density at radius 1 is 1.47 bits per heavy atom. The summed E-state index contributed by atoms with van der Waals surface area (Å²) < 4.78 is 5.42. The standard InChI is InChI=1S/C11H17NO2S/c1-2-15-11-5-3-4-10(9(11)8-12)14-7-6-13/h3-5,13H,2,6-8,12H2,1H3. The number of benzene rings is 1. The second kappa shape index (κ2) is 6.71. The predicted octanol–water partition coefficient (Wildman–Crippen LogP) is 1.63. The van der Waals surface area contributed by atoms with Gasteiger partial charge in [0.05, 0.1) is 6.61 Å². The van der Waals surface area contributed by atoms with Crippen LogP contribution in [-0.4, -0.2) is 24.1 Å². The molecule has 1 rings (SSSR count). The Hall–Kier alpha value is -0.710. The molecule has 4 heteroatoms. The van der Waals surface area contributed by atoms with E-state index < -0.39 is 0 Å². The fourth-order valence-corrected chi connectivity index (χ4v) is 2.17. The highest BCUT2D eigenvalue weighted by Crippen LogP contribution is 2.29. The van der Waals surface area contributed by atoms with Crippen LogP contribution in [-0.2, 0) is 6.54 Å². The second-order valence-electron chi connectivity index (χ2n) is 2.94. The van der Waals surface area contributed by atoms with E-state index in [0.717, 1.165) is 22.0 Å². The second-order valence-corrected chi connectivity index (χ2v) is 4.25. The van der Waals surface area contributed by atoms with Crippen LogP contribution in [0, 0.1) is 0 Å². The topological polar surface area (TPSA) is 55.5 Å². The van der Waals surface area contributed by atoms with Gasteiger partial charge < -0.3 is 15.6 Å². The van der Waals surface area contributed by atoms with Gasteiger partial charge in [-0.05, 0) is 17.9 Å². The lowest BCUT2D eigenvalue weighted by Gasteiger charge is -2.12. The van der Waals surface area contributed by atoms with Crippen LogP contribution in [0.4, 0.5) is 0 Å². The Morgan fingerprint density at radius 3 is 2.87 bits per heavy atom. The highest BCUT2D eigenvalue weighted by molar-refractivity contribution is 7.99. The number of ether oxygens (including phenoxy) is 1. The summed E-state index contributed by atoms with van der Waals surface area (Å²) >= 11 is 1.75. The van der Waals surface area contributed by atoms with Crippen molar-refractivity contribution >= 4 is 11.8 Å². The fraction of sp³-hybridized carbons (Fsp3) is 0.455. The SMILES string of the molecule is CCSc1cccc(OCCO)c1CN. The lowest BCUT2D eigenvalue weighted by molar-refractivity contribution is 0.200. The monoisotopic (exact) mass is 227 g/mol. The van der Waals surface area contributed by atoms with E-state index in [9.17, 15) is 0 Å². The molecule has 0 unspecified atom stereocenters. The molecule has 0 aromatic heterocycles. The minimum absolute atomic E-state index is 0.0230. The van der Waals surface area contributed by atoms with E-state index in [4.69, 9.17) is 15.6 Å². The Labute approximate surface area is 94.6 Å². The highest BCUT2D eigenvalue weighted by Gasteiger charge is 2.07. The number of aliphatic hydroxyl groups is 1. The maximum absolute atomic E-state index is 8.70. The van der Waals surface area contributed by atoms with Crippen LogP contribution >= 0.6 is 11.8 Å². The van der Waals surface area contributed by atoms with E-state index in [1.165, 1.54) is 0 Å². The lowest BCUT2D eigenvalue weighted by Crippen LogP contribution is -2.07. The molecule has 15 heavy (non-hydrogen) atoms. The van der Waals surface area contributed by atoms with Crippen LogP contribution in [0.25, 0.3) is 0 Å². The van der Waals surface area contributed by atoms with E-state index in [1.54, 1.807) is 11.8 Å². The summed E-state index contributed by atoms with van der Waals surface area (Å²) in [4.78, 5) is 1.16. The summed E-state index contributed by atoms with van der Waals surface area (Å²) in [6.45, 7) is 2.90. The van der Waals surface area contributed by atoms with Gasteiger partial charge >= 0.3 is 0 Å². The molecule has 0 saturated heterocycles. The van der Waals surface area contributed by atoms with Gasteiger partial charge in [-0.1, -0.05) is 13.0 Å². The molecule has 0 aliphatic heterocycles. The molecule has 1 aromatic rings. The summed E-state index contributed by atoms with van der Waals surface area (Å²) in [7, 11) is 0. The molecule has 0 radical (unpaired) electrons. The summed E-state index contributed by atoms with van der Waals surface area (Å²) in [5.41, 5.74) is 6.72. The third kappa shape index (κ3) is 3.41. The van der Waals surface area contributed by atoms with E-state index in [0.29, 0.717) is 13.2 Å². The van der Waals surface area contributed by atoms with Crippen molar-refractivity contribution in [2.45, 2.75) is 18.4 Å². The number of hydrogen-bond acceptors (Lipinski definition) is 4.